The lowest BCUT2D eigenvalue weighted by Gasteiger charge is -2.07. The van der Waals surface area contributed by atoms with Crippen LogP contribution in [-0.2, 0) is 0 Å². The van der Waals surface area contributed by atoms with Crippen molar-refractivity contribution in [3.63, 3.8) is 0 Å². The Balaban J connectivity index is 2.24. The fourth-order valence-electron chi connectivity index (χ4n) is 1.75. The van der Waals surface area contributed by atoms with Crippen molar-refractivity contribution >= 4 is 44.8 Å². The third kappa shape index (κ3) is 2.96. The van der Waals surface area contributed by atoms with Crippen molar-refractivity contribution in [1.82, 2.24) is 10.2 Å². The van der Waals surface area contributed by atoms with E-state index in [2.05, 4.69) is 31.4 Å². The Hall–Kier alpha value is -1.53. The van der Waals surface area contributed by atoms with Crippen molar-refractivity contribution in [2.45, 2.75) is 19.8 Å². The third-order valence-corrected chi connectivity index (χ3v) is 3.61. The summed E-state index contributed by atoms with van der Waals surface area (Å²) in [5, 5.41) is 9.88. The maximum atomic E-state index is 12.2. The number of anilines is 2. The number of carbonyl (C=O) groups is 1. The number of nitrogen functional groups attached to an aromatic ring is 1. The molecule has 106 valence electrons. The predicted octanol–water partition coefficient (Wildman–Crippen LogP) is 3.78. The van der Waals surface area contributed by atoms with Crippen LogP contribution in [0.15, 0.2) is 22.7 Å². The number of nitrogens with zero attached hydrogens (tertiary/aromatic N) is 1. The normalized spacial score (nSPS) is 10.8. The van der Waals surface area contributed by atoms with Gasteiger partial charge in [0.05, 0.1) is 22.1 Å². The van der Waals surface area contributed by atoms with E-state index in [1.54, 1.807) is 18.2 Å². The van der Waals surface area contributed by atoms with Gasteiger partial charge in [0.1, 0.15) is 0 Å². The number of benzene rings is 1. The largest absolute Gasteiger partial charge is 0.395 e. The van der Waals surface area contributed by atoms with Crippen LogP contribution in [0.3, 0.4) is 0 Å². The number of carbonyl (C=O) groups excluding carboxylic acids is 1. The molecule has 0 spiro atoms. The van der Waals surface area contributed by atoms with Crippen molar-refractivity contribution in [1.29, 1.82) is 0 Å². The molecular weight excluding hydrogens is 344 g/mol. The average Bonchev–Trinajstić information content (AvgIpc) is 2.74. The van der Waals surface area contributed by atoms with Crippen molar-refractivity contribution in [3.8, 4) is 0 Å². The number of hydrogen-bond donors (Lipinski definition) is 3. The zero-order valence-corrected chi connectivity index (χ0v) is 13.3. The van der Waals surface area contributed by atoms with Gasteiger partial charge in [-0.3, -0.25) is 9.89 Å². The zero-order chi connectivity index (χ0) is 14.9. The van der Waals surface area contributed by atoms with E-state index in [1.165, 1.54) is 0 Å². The topological polar surface area (TPSA) is 83.8 Å². The molecule has 0 bridgehead atoms. The van der Waals surface area contributed by atoms with Crippen molar-refractivity contribution < 1.29 is 4.79 Å². The number of amides is 1. The molecule has 0 atom stereocenters. The number of nitrogens with one attached hydrogen (secondary N) is 2. The van der Waals surface area contributed by atoms with Crippen LogP contribution < -0.4 is 11.1 Å². The van der Waals surface area contributed by atoms with E-state index >= 15 is 0 Å². The number of halogens is 2. The maximum absolute atomic E-state index is 12.2. The van der Waals surface area contributed by atoms with Gasteiger partial charge in [-0.1, -0.05) is 41.4 Å². The van der Waals surface area contributed by atoms with Crippen molar-refractivity contribution in [3.05, 3.63) is 39.1 Å². The summed E-state index contributed by atoms with van der Waals surface area (Å²) in [7, 11) is 0. The van der Waals surface area contributed by atoms with Gasteiger partial charge in [-0.15, -0.1) is 0 Å². The van der Waals surface area contributed by atoms with E-state index in [-0.39, 0.29) is 11.6 Å². The molecule has 0 saturated heterocycles. The first kappa shape index (κ1) is 14.9. The highest BCUT2D eigenvalue weighted by atomic mass is 79.9. The molecule has 0 unspecified atom stereocenters. The summed E-state index contributed by atoms with van der Waals surface area (Å²) < 4.78 is 0.835. The van der Waals surface area contributed by atoms with E-state index in [1.807, 2.05) is 13.8 Å². The Bertz CT molecular complexity index is 654. The molecule has 1 aromatic carbocycles. The summed E-state index contributed by atoms with van der Waals surface area (Å²) in [6.07, 6.45) is 0. The van der Waals surface area contributed by atoms with Gasteiger partial charge in [-0.25, -0.2) is 0 Å². The van der Waals surface area contributed by atoms with Crippen LogP contribution in [0.2, 0.25) is 5.02 Å². The highest BCUT2D eigenvalue weighted by Crippen LogP contribution is 2.27. The van der Waals surface area contributed by atoms with Crippen LogP contribution in [0.25, 0.3) is 0 Å². The Morgan fingerprint density at radius 3 is 2.75 bits per heavy atom. The lowest BCUT2D eigenvalue weighted by atomic mass is 10.1. The molecule has 7 heteroatoms. The SMILES string of the molecule is CC(C)c1[nH]nc(C(=O)Nc2ccc(Br)cc2Cl)c1N. The molecule has 2 rings (SSSR count). The first-order valence-corrected chi connectivity index (χ1v) is 7.17. The van der Waals surface area contributed by atoms with Gasteiger partial charge in [-0.2, -0.15) is 5.10 Å². The van der Waals surface area contributed by atoms with Gasteiger partial charge in [0.15, 0.2) is 5.69 Å². The fraction of sp³-hybridized carbons (Fsp3) is 0.231. The Morgan fingerprint density at radius 2 is 2.20 bits per heavy atom. The number of rotatable bonds is 3. The molecule has 2 aromatic rings. The molecule has 0 saturated carbocycles. The van der Waals surface area contributed by atoms with Crippen LogP contribution in [-0.4, -0.2) is 16.1 Å². The summed E-state index contributed by atoms with van der Waals surface area (Å²) in [5.74, 6) is -0.227. The minimum absolute atomic E-state index is 0.167. The predicted molar refractivity (Wildman–Crippen MR) is 84.2 cm³/mol. The Morgan fingerprint density at radius 1 is 1.50 bits per heavy atom. The third-order valence-electron chi connectivity index (χ3n) is 2.81. The molecule has 4 N–H and O–H groups in total. The molecule has 1 aromatic heterocycles. The second-order valence-electron chi connectivity index (χ2n) is 4.63. The minimum atomic E-state index is -0.394. The molecule has 0 aliphatic heterocycles. The molecule has 1 heterocycles. The Labute approximate surface area is 130 Å². The van der Waals surface area contributed by atoms with Crippen LogP contribution in [0.5, 0.6) is 0 Å². The highest BCUT2D eigenvalue weighted by Gasteiger charge is 2.19. The van der Waals surface area contributed by atoms with E-state index in [4.69, 9.17) is 17.3 Å². The standard InChI is InChI=1S/C13H14BrClN4O/c1-6(2)11-10(16)12(19-18-11)13(20)17-9-4-3-7(14)5-8(9)15/h3-6H,16H2,1-2H3,(H,17,20)(H,18,19). The Kier molecular flexibility index (Phi) is 4.35. The lowest BCUT2D eigenvalue weighted by Crippen LogP contribution is -2.14. The summed E-state index contributed by atoms with van der Waals surface area (Å²) in [6.45, 7) is 3.94. The molecule has 0 radical (unpaired) electrons. The van der Waals surface area contributed by atoms with Crippen molar-refractivity contribution in [2.24, 2.45) is 0 Å². The maximum Gasteiger partial charge on any atom is 0.278 e. The summed E-state index contributed by atoms with van der Waals surface area (Å²) >= 11 is 9.36. The molecular formula is C13H14BrClN4O. The fourth-order valence-corrected chi connectivity index (χ4v) is 2.47. The minimum Gasteiger partial charge on any atom is -0.395 e. The first-order valence-electron chi connectivity index (χ1n) is 6.00. The zero-order valence-electron chi connectivity index (χ0n) is 11.0. The number of aromatic amines is 1. The monoisotopic (exact) mass is 356 g/mol. The number of aromatic nitrogens is 2. The number of H-pyrrole nitrogens is 1. The number of hydrogen-bond acceptors (Lipinski definition) is 3. The summed E-state index contributed by atoms with van der Waals surface area (Å²) in [5.41, 5.74) is 7.72. The van der Waals surface area contributed by atoms with Gasteiger partial charge in [0.2, 0.25) is 0 Å². The molecule has 1 amide bonds. The number of nitrogens with two attached hydrogens (primary N) is 1. The molecule has 20 heavy (non-hydrogen) atoms. The molecule has 0 fully saturated rings. The van der Waals surface area contributed by atoms with Gasteiger partial charge >= 0.3 is 0 Å². The van der Waals surface area contributed by atoms with Gasteiger partial charge in [-0.05, 0) is 24.1 Å². The van der Waals surface area contributed by atoms with Gasteiger partial charge in [0, 0.05) is 4.47 Å². The highest BCUT2D eigenvalue weighted by molar-refractivity contribution is 9.10. The summed E-state index contributed by atoms with van der Waals surface area (Å²) in [4.78, 5) is 12.2. The van der Waals surface area contributed by atoms with Crippen LogP contribution in [0.4, 0.5) is 11.4 Å². The van der Waals surface area contributed by atoms with Crippen LogP contribution >= 0.6 is 27.5 Å². The quantitative estimate of drug-likeness (QED) is 0.781. The molecule has 5 nitrogen and oxygen atoms in total. The summed E-state index contributed by atoms with van der Waals surface area (Å²) in [6, 6.07) is 5.19. The van der Waals surface area contributed by atoms with E-state index < -0.39 is 5.91 Å². The second kappa shape index (κ2) is 5.85. The van der Waals surface area contributed by atoms with Crippen LogP contribution in [0, 0.1) is 0 Å². The molecule has 0 aliphatic rings. The van der Waals surface area contributed by atoms with Crippen LogP contribution in [0.1, 0.15) is 35.9 Å². The van der Waals surface area contributed by atoms with E-state index in [9.17, 15) is 4.79 Å². The smallest absolute Gasteiger partial charge is 0.278 e. The van der Waals surface area contributed by atoms with E-state index in [0.29, 0.717) is 16.4 Å². The average molecular weight is 358 g/mol. The van der Waals surface area contributed by atoms with Gasteiger partial charge < -0.3 is 11.1 Å². The van der Waals surface area contributed by atoms with E-state index in [0.717, 1.165) is 10.2 Å². The second-order valence-corrected chi connectivity index (χ2v) is 5.96. The lowest BCUT2D eigenvalue weighted by molar-refractivity contribution is 0.102. The van der Waals surface area contributed by atoms with Gasteiger partial charge in [0.25, 0.3) is 5.91 Å². The first-order chi connectivity index (χ1) is 9.40. The van der Waals surface area contributed by atoms with Crippen molar-refractivity contribution in [2.75, 3.05) is 11.1 Å². The molecule has 0 aliphatic carbocycles.